The molecule has 1 aromatic rings. The van der Waals surface area contributed by atoms with Gasteiger partial charge >= 0.3 is 5.97 Å². The van der Waals surface area contributed by atoms with Crippen LogP contribution in [0.5, 0.6) is 0 Å². The van der Waals surface area contributed by atoms with Crippen LogP contribution in [0, 0.1) is 12.8 Å². The molecule has 0 bridgehead atoms. The molecule has 1 aliphatic rings. The van der Waals surface area contributed by atoms with Crippen molar-refractivity contribution in [3.05, 3.63) is 29.8 Å². The maximum atomic E-state index is 11.9. The van der Waals surface area contributed by atoms with Crippen molar-refractivity contribution in [1.82, 2.24) is 0 Å². The van der Waals surface area contributed by atoms with Gasteiger partial charge in [0.05, 0.1) is 11.3 Å². The van der Waals surface area contributed by atoms with Crippen LogP contribution in [0.1, 0.15) is 18.9 Å². The predicted octanol–water partition coefficient (Wildman–Crippen LogP) is 1.65. The minimum absolute atomic E-state index is 0.0271. The van der Waals surface area contributed by atoms with Crippen molar-refractivity contribution in [2.45, 2.75) is 31.3 Å². The summed E-state index contributed by atoms with van der Waals surface area (Å²) in [5, 5.41) is 0. The topological polar surface area (TPSA) is 69.7 Å². The molecule has 0 amide bonds. The summed E-state index contributed by atoms with van der Waals surface area (Å²) in [7, 11) is -3.80. The Bertz CT molecular complexity index is 561. The molecule has 0 spiro atoms. The summed E-state index contributed by atoms with van der Waals surface area (Å²) in [6.07, 6.45) is -0.189. The van der Waals surface area contributed by atoms with Crippen molar-refractivity contribution in [2.24, 2.45) is 5.92 Å². The van der Waals surface area contributed by atoms with E-state index < -0.39 is 16.2 Å². The van der Waals surface area contributed by atoms with Crippen LogP contribution in [-0.2, 0) is 23.8 Å². The van der Waals surface area contributed by atoms with E-state index in [1.165, 1.54) is 12.1 Å². The number of ether oxygens (including phenoxy) is 1. The molecule has 2 atom stereocenters. The summed E-state index contributed by atoms with van der Waals surface area (Å²) in [6.45, 7) is 3.57. The fourth-order valence-electron chi connectivity index (χ4n) is 1.86. The van der Waals surface area contributed by atoms with Crippen molar-refractivity contribution in [1.29, 1.82) is 0 Å². The van der Waals surface area contributed by atoms with E-state index in [1.54, 1.807) is 12.1 Å². The molecule has 1 heterocycles. The molecule has 0 aliphatic carbocycles. The third kappa shape index (κ3) is 3.33. The summed E-state index contributed by atoms with van der Waals surface area (Å²) in [5.74, 6) is -0.338. The third-order valence-electron chi connectivity index (χ3n) is 3.10. The highest BCUT2D eigenvalue weighted by atomic mass is 32.2. The van der Waals surface area contributed by atoms with E-state index in [4.69, 9.17) is 8.92 Å². The largest absolute Gasteiger partial charge is 0.460 e. The highest BCUT2D eigenvalue weighted by Crippen LogP contribution is 2.23. The zero-order valence-electron chi connectivity index (χ0n) is 10.8. The number of hydrogen-bond acceptors (Lipinski definition) is 5. The lowest BCUT2D eigenvalue weighted by molar-refractivity contribution is -0.142. The first kappa shape index (κ1) is 14.0. The van der Waals surface area contributed by atoms with Crippen LogP contribution in [-0.4, -0.2) is 27.1 Å². The van der Waals surface area contributed by atoms with E-state index in [2.05, 4.69) is 0 Å². The molecule has 2 unspecified atom stereocenters. The Hall–Kier alpha value is -1.40. The van der Waals surface area contributed by atoms with E-state index in [0.717, 1.165) is 5.56 Å². The van der Waals surface area contributed by atoms with Gasteiger partial charge in [0, 0.05) is 5.92 Å². The lowest BCUT2D eigenvalue weighted by Crippen LogP contribution is -2.23. The molecule has 1 aliphatic heterocycles. The molecule has 0 aromatic heterocycles. The van der Waals surface area contributed by atoms with Gasteiger partial charge in [0.2, 0.25) is 0 Å². The molecule has 1 aromatic carbocycles. The quantitative estimate of drug-likeness (QED) is 0.621. The Morgan fingerprint density at radius 2 is 1.95 bits per heavy atom. The predicted molar refractivity (Wildman–Crippen MR) is 68.0 cm³/mol. The number of aryl methyl sites for hydroxylation is 1. The van der Waals surface area contributed by atoms with Gasteiger partial charge in [-0.25, -0.2) is 0 Å². The van der Waals surface area contributed by atoms with Gasteiger partial charge in [-0.2, -0.15) is 8.42 Å². The molecule has 5 nitrogen and oxygen atoms in total. The molecular weight excluding hydrogens is 268 g/mol. The lowest BCUT2D eigenvalue weighted by atomic mass is 10.1. The van der Waals surface area contributed by atoms with Crippen molar-refractivity contribution in [3.8, 4) is 0 Å². The van der Waals surface area contributed by atoms with Gasteiger partial charge < -0.3 is 4.74 Å². The molecule has 2 rings (SSSR count). The van der Waals surface area contributed by atoms with Gasteiger partial charge in [-0.05, 0) is 19.1 Å². The van der Waals surface area contributed by atoms with E-state index in [0.29, 0.717) is 6.42 Å². The van der Waals surface area contributed by atoms with Gasteiger partial charge in [0.25, 0.3) is 10.1 Å². The van der Waals surface area contributed by atoms with E-state index in [-0.39, 0.29) is 23.4 Å². The fourth-order valence-corrected chi connectivity index (χ4v) is 2.77. The smallest absolute Gasteiger partial charge is 0.306 e. The Morgan fingerprint density at radius 1 is 1.32 bits per heavy atom. The average Bonchev–Trinajstić information content (AvgIpc) is 2.66. The number of rotatable bonds is 4. The molecule has 0 radical (unpaired) electrons. The number of cyclic esters (lactones) is 1. The standard InChI is InChI=1S/C13H16O5S/c1-9-3-5-11(6-4-9)19(15,16)17-8-12-10(2)7-13(14)18-12/h3-6,10,12H,7-8H2,1-2H3. The van der Waals surface area contributed by atoms with Crippen LogP contribution in [0.4, 0.5) is 0 Å². The van der Waals surface area contributed by atoms with Gasteiger partial charge in [-0.1, -0.05) is 24.6 Å². The minimum atomic E-state index is -3.80. The zero-order chi connectivity index (χ0) is 14.0. The average molecular weight is 284 g/mol. The Morgan fingerprint density at radius 3 is 2.47 bits per heavy atom. The van der Waals surface area contributed by atoms with Crippen molar-refractivity contribution < 1.29 is 22.1 Å². The number of hydrogen-bond donors (Lipinski definition) is 0. The summed E-state index contributed by atoms with van der Waals surface area (Å²) in [5.41, 5.74) is 0.970. The first-order valence-corrected chi connectivity index (χ1v) is 7.45. The molecule has 0 saturated carbocycles. The normalized spacial score (nSPS) is 23.4. The second-order valence-electron chi connectivity index (χ2n) is 4.76. The Balaban J connectivity index is 2.02. The van der Waals surface area contributed by atoms with Gasteiger partial charge in [-0.3, -0.25) is 8.98 Å². The molecule has 0 N–H and O–H groups in total. The van der Waals surface area contributed by atoms with Gasteiger partial charge in [0.1, 0.15) is 12.7 Å². The molecule has 1 fully saturated rings. The van der Waals surface area contributed by atoms with E-state index in [9.17, 15) is 13.2 Å². The summed E-state index contributed by atoms with van der Waals surface area (Å²) >= 11 is 0. The summed E-state index contributed by atoms with van der Waals surface area (Å²) < 4.78 is 33.8. The molecule has 1 saturated heterocycles. The number of esters is 1. The number of carbonyl (C=O) groups excluding carboxylic acids is 1. The van der Waals surface area contributed by atoms with E-state index >= 15 is 0 Å². The zero-order valence-corrected chi connectivity index (χ0v) is 11.6. The lowest BCUT2D eigenvalue weighted by Gasteiger charge is -2.13. The van der Waals surface area contributed by atoms with E-state index in [1.807, 2.05) is 13.8 Å². The van der Waals surface area contributed by atoms with Crippen molar-refractivity contribution in [3.63, 3.8) is 0 Å². The Labute approximate surface area is 112 Å². The van der Waals surface area contributed by atoms with Crippen LogP contribution in [0.25, 0.3) is 0 Å². The molecule has 19 heavy (non-hydrogen) atoms. The second kappa shape index (κ2) is 5.30. The highest BCUT2D eigenvalue weighted by Gasteiger charge is 2.33. The number of benzene rings is 1. The van der Waals surface area contributed by atoms with Crippen LogP contribution in [0.3, 0.4) is 0 Å². The number of carbonyl (C=O) groups is 1. The second-order valence-corrected chi connectivity index (χ2v) is 6.38. The summed E-state index contributed by atoms with van der Waals surface area (Å²) in [6, 6.07) is 6.40. The summed E-state index contributed by atoms with van der Waals surface area (Å²) in [4.78, 5) is 11.2. The van der Waals surface area contributed by atoms with Crippen LogP contribution < -0.4 is 0 Å². The maximum absolute atomic E-state index is 11.9. The van der Waals surface area contributed by atoms with Crippen LogP contribution in [0.2, 0.25) is 0 Å². The monoisotopic (exact) mass is 284 g/mol. The first-order valence-electron chi connectivity index (χ1n) is 6.04. The van der Waals surface area contributed by atoms with Crippen molar-refractivity contribution >= 4 is 16.1 Å². The van der Waals surface area contributed by atoms with Crippen LogP contribution >= 0.6 is 0 Å². The fraction of sp³-hybridized carbons (Fsp3) is 0.462. The van der Waals surface area contributed by atoms with Crippen LogP contribution in [0.15, 0.2) is 29.2 Å². The molecule has 104 valence electrons. The van der Waals surface area contributed by atoms with Gasteiger partial charge in [0.15, 0.2) is 0 Å². The third-order valence-corrected chi connectivity index (χ3v) is 4.40. The van der Waals surface area contributed by atoms with Crippen molar-refractivity contribution in [2.75, 3.05) is 6.61 Å². The minimum Gasteiger partial charge on any atom is -0.460 e. The highest BCUT2D eigenvalue weighted by molar-refractivity contribution is 7.86. The van der Waals surface area contributed by atoms with Gasteiger partial charge in [-0.15, -0.1) is 0 Å². The SMILES string of the molecule is Cc1ccc(S(=O)(=O)OCC2OC(=O)CC2C)cc1. The maximum Gasteiger partial charge on any atom is 0.306 e. The first-order chi connectivity index (χ1) is 8.88. The molecular formula is C13H16O5S. The molecule has 6 heteroatoms. The Kier molecular flexibility index (Phi) is 3.91.